The number of carboxylic acid groups (broad SMARTS) is 1. The van der Waals surface area contributed by atoms with Crippen LogP contribution in [0.25, 0.3) is 21.3 Å². The Morgan fingerprint density at radius 2 is 1.61 bits per heavy atom. The molecule has 2 aromatic heterocycles. The summed E-state index contributed by atoms with van der Waals surface area (Å²) in [5.41, 5.74) is 7.13. The van der Waals surface area contributed by atoms with Crippen molar-refractivity contribution in [3.63, 3.8) is 0 Å². The lowest BCUT2D eigenvalue weighted by atomic mass is 9.90. The lowest BCUT2D eigenvalue weighted by Crippen LogP contribution is -2.39. The SMILES string of the molecule is Cc1c(Oc2ccccc2CCC(=O)Nc2ccc(C3CCC(=O)NC3=O)cc2)cccc1-c1ccc(N2CCc3cccc(C(=O)Nc4nc5ccccc5s4)c3C2)nc1C(=O)O. The quantitative estimate of drug-likeness (QED) is 0.0866. The van der Waals surface area contributed by atoms with E-state index in [1.165, 1.54) is 11.3 Å². The molecule has 0 saturated carbocycles. The lowest BCUT2D eigenvalue weighted by Gasteiger charge is -2.31. The van der Waals surface area contributed by atoms with Crippen LogP contribution in [0.2, 0.25) is 0 Å². The number of aromatic nitrogens is 2. The molecular formula is C50H42N6O7S. The molecule has 7 aromatic rings. The molecule has 4 heterocycles. The molecule has 0 bridgehead atoms. The van der Waals surface area contributed by atoms with Crippen LogP contribution in [-0.2, 0) is 33.8 Å². The average Bonchev–Trinajstić information content (AvgIpc) is 3.71. The Morgan fingerprint density at radius 1 is 0.828 bits per heavy atom. The summed E-state index contributed by atoms with van der Waals surface area (Å²) in [6.07, 6.45) is 1.95. The Kier molecular flexibility index (Phi) is 11.7. The monoisotopic (exact) mass is 870 g/mol. The molecule has 1 atom stereocenters. The number of carboxylic acids is 1. The molecule has 64 heavy (non-hydrogen) atoms. The van der Waals surface area contributed by atoms with Gasteiger partial charge in [0.2, 0.25) is 17.7 Å². The van der Waals surface area contributed by atoms with Crippen LogP contribution < -0.4 is 25.6 Å². The molecule has 2 aliphatic rings. The summed E-state index contributed by atoms with van der Waals surface area (Å²) in [7, 11) is 0. The zero-order valence-electron chi connectivity index (χ0n) is 34.7. The third-order valence-corrected chi connectivity index (χ3v) is 12.6. The van der Waals surface area contributed by atoms with Gasteiger partial charge >= 0.3 is 5.97 Å². The topological polar surface area (TPSA) is 180 Å². The second kappa shape index (κ2) is 17.9. The highest BCUT2D eigenvalue weighted by Crippen LogP contribution is 2.37. The third kappa shape index (κ3) is 8.81. The number of rotatable bonds is 12. The Labute approximate surface area is 372 Å². The van der Waals surface area contributed by atoms with Gasteiger partial charge in [0.15, 0.2) is 10.8 Å². The fourth-order valence-corrected chi connectivity index (χ4v) is 9.17. The Morgan fingerprint density at radius 3 is 2.42 bits per heavy atom. The van der Waals surface area contributed by atoms with E-state index in [-0.39, 0.29) is 42.2 Å². The molecule has 0 spiro atoms. The van der Waals surface area contributed by atoms with Gasteiger partial charge in [0.1, 0.15) is 17.3 Å². The van der Waals surface area contributed by atoms with E-state index in [9.17, 15) is 29.1 Å². The van der Waals surface area contributed by atoms with Crippen molar-refractivity contribution in [1.82, 2.24) is 15.3 Å². The van der Waals surface area contributed by atoms with Gasteiger partial charge in [0.05, 0.1) is 16.1 Å². The van der Waals surface area contributed by atoms with Crippen LogP contribution in [-0.4, -0.2) is 51.2 Å². The standard InChI is InChI=1S/C50H42N6O7S/c1-29-34(10-7-14-40(29)63-41-13-4-2-8-32(41)18-24-44(57)51-33-19-16-31(17-20-33)35-22-25-45(58)54-47(35)59)36-21-23-43(53-46(36)49(61)62)56-27-26-30-9-6-11-37(38(30)28-56)48(60)55-50-52-39-12-3-5-15-42(39)64-50/h2-17,19-21,23,35H,18,22,24-28H2,1H3,(H,51,57)(H,61,62)(H,52,55,60)(H,54,58,59). The van der Waals surface area contributed by atoms with Crippen molar-refractivity contribution in [2.24, 2.45) is 0 Å². The summed E-state index contributed by atoms with van der Waals surface area (Å²) in [4.78, 5) is 74.6. The zero-order chi connectivity index (χ0) is 44.3. The molecule has 1 saturated heterocycles. The fraction of sp³-hybridized carbons (Fsp3) is 0.180. The number of nitrogens with one attached hydrogen (secondary N) is 3. The van der Waals surface area contributed by atoms with E-state index in [0.29, 0.717) is 82.7 Å². The molecule has 4 amide bonds. The van der Waals surface area contributed by atoms with Crippen molar-refractivity contribution in [3.8, 4) is 22.6 Å². The highest BCUT2D eigenvalue weighted by Gasteiger charge is 2.28. The molecule has 5 aromatic carbocycles. The van der Waals surface area contributed by atoms with Crippen molar-refractivity contribution in [1.29, 1.82) is 0 Å². The molecule has 13 nitrogen and oxygen atoms in total. The number of carbonyl (C=O) groups is 5. The Balaban J connectivity index is 0.880. The number of ether oxygens (including phenoxy) is 1. The van der Waals surface area contributed by atoms with Crippen LogP contribution in [0.5, 0.6) is 11.5 Å². The number of hydrogen-bond acceptors (Lipinski definition) is 10. The van der Waals surface area contributed by atoms with Crippen LogP contribution in [0.3, 0.4) is 0 Å². The first-order valence-corrected chi connectivity index (χ1v) is 21.8. The van der Waals surface area contributed by atoms with Gasteiger partial charge in [-0.3, -0.25) is 29.8 Å². The number of carbonyl (C=O) groups excluding carboxylic acids is 4. The number of pyridine rings is 1. The summed E-state index contributed by atoms with van der Waals surface area (Å²) < 4.78 is 7.46. The molecule has 320 valence electrons. The van der Waals surface area contributed by atoms with Gasteiger partial charge in [-0.1, -0.05) is 78.1 Å². The predicted molar refractivity (Wildman–Crippen MR) is 245 cm³/mol. The van der Waals surface area contributed by atoms with Crippen LogP contribution in [0, 0.1) is 6.92 Å². The summed E-state index contributed by atoms with van der Waals surface area (Å²) in [6.45, 7) is 2.83. The van der Waals surface area contributed by atoms with E-state index in [0.717, 1.165) is 32.5 Å². The number of piperidine rings is 1. The van der Waals surface area contributed by atoms with Crippen molar-refractivity contribution >= 4 is 67.8 Å². The molecule has 0 aliphatic carbocycles. The number of hydrogen-bond donors (Lipinski definition) is 4. The maximum Gasteiger partial charge on any atom is 0.355 e. The number of fused-ring (bicyclic) bond motifs is 2. The van der Waals surface area contributed by atoms with Gasteiger partial charge in [-0.25, -0.2) is 14.8 Å². The highest BCUT2D eigenvalue weighted by atomic mass is 32.1. The van der Waals surface area contributed by atoms with Crippen LogP contribution in [0.15, 0.2) is 121 Å². The molecular weight excluding hydrogens is 829 g/mol. The number of anilines is 3. The Hall–Kier alpha value is -7.71. The van der Waals surface area contributed by atoms with E-state index < -0.39 is 11.9 Å². The van der Waals surface area contributed by atoms with E-state index in [4.69, 9.17) is 9.72 Å². The minimum atomic E-state index is -1.18. The largest absolute Gasteiger partial charge is 0.476 e. The van der Waals surface area contributed by atoms with Gasteiger partial charge < -0.3 is 20.1 Å². The Bertz CT molecular complexity index is 2950. The molecule has 0 radical (unpaired) electrons. The minimum Gasteiger partial charge on any atom is -0.476 e. The number of amides is 4. The summed E-state index contributed by atoms with van der Waals surface area (Å²) in [5, 5.41) is 19.3. The molecule has 9 rings (SSSR count). The highest BCUT2D eigenvalue weighted by molar-refractivity contribution is 7.22. The van der Waals surface area contributed by atoms with E-state index >= 15 is 0 Å². The van der Waals surface area contributed by atoms with Gasteiger partial charge in [-0.05, 0) is 114 Å². The number of nitrogens with zero attached hydrogens (tertiary/aromatic N) is 3. The maximum atomic E-state index is 13.6. The zero-order valence-corrected chi connectivity index (χ0v) is 35.5. The van der Waals surface area contributed by atoms with Gasteiger partial charge in [-0.2, -0.15) is 0 Å². The van der Waals surface area contributed by atoms with Crippen molar-refractivity contribution in [3.05, 3.63) is 160 Å². The number of imide groups is 1. The van der Waals surface area contributed by atoms with Crippen LogP contribution in [0.1, 0.15) is 73.8 Å². The first-order chi connectivity index (χ1) is 31.1. The lowest BCUT2D eigenvalue weighted by molar-refractivity contribution is -0.134. The van der Waals surface area contributed by atoms with Gasteiger partial charge in [-0.15, -0.1) is 0 Å². The van der Waals surface area contributed by atoms with E-state index in [2.05, 4.69) is 20.9 Å². The smallest absolute Gasteiger partial charge is 0.355 e. The van der Waals surface area contributed by atoms with Crippen LogP contribution in [0.4, 0.5) is 16.6 Å². The third-order valence-electron chi connectivity index (χ3n) is 11.7. The van der Waals surface area contributed by atoms with E-state index in [1.54, 1.807) is 42.5 Å². The predicted octanol–water partition coefficient (Wildman–Crippen LogP) is 9.06. The molecule has 14 heteroatoms. The first-order valence-electron chi connectivity index (χ1n) is 20.9. The van der Waals surface area contributed by atoms with Gasteiger partial charge in [0, 0.05) is 42.7 Å². The van der Waals surface area contributed by atoms with Crippen LogP contribution >= 0.6 is 11.3 Å². The number of thiazole rings is 1. The van der Waals surface area contributed by atoms with Crippen molar-refractivity contribution in [2.75, 3.05) is 22.1 Å². The summed E-state index contributed by atoms with van der Waals surface area (Å²) in [6, 6.07) is 37.0. The average molecular weight is 871 g/mol. The minimum absolute atomic E-state index is 0.109. The second-order valence-corrected chi connectivity index (χ2v) is 16.8. The molecule has 4 N–H and O–H groups in total. The maximum absolute atomic E-state index is 13.6. The molecule has 1 fully saturated rings. The first kappa shape index (κ1) is 41.6. The molecule has 1 unspecified atom stereocenters. The summed E-state index contributed by atoms with van der Waals surface area (Å²) in [5.74, 6) is -1.04. The fourth-order valence-electron chi connectivity index (χ4n) is 8.31. The number of aryl methyl sites for hydroxylation is 1. The second-order valence-electron chi connectivity index (χ2n) is 15.7. The number of aromatic carboxylic acids is 1. The van der Waals surface area contributed by atoms with E-state index in [1.807, 2.05) is 90.7 Å². The van der Waals surface area contributed by atoms with Crippen molar-refractivity contribution in [2.45, 2.75) is 51.5 Å². The number of benzene rings is 5. The normalized spacial score (nSPS) is 14.7. The molecule has 2 aliphatic heterocycles. The number of para-hydroxylation sites is 2. The summed E-state index contributed by atoms with van der Waals surface area (Å²) >= 11 is 1.41. The van der Waals surface area contributed by atoms with Crippen molar-refractivity contribution < 1.29 is 33.8 Å². The van der Waals surface area contributed by atoms with Gasteiger partial charge in [0.25, 0.3) is 5.91 Å².